The average Bonchev–Trinajstić information content (AvgIpc) is 3.70. The van der Waals surface area contributed by atoms with Crippen molar-refractivity contribution in [2.24, 2.45) is 5.92 Å². The van der Waals surface area contributed by atoms with Crippen molar-refractivity contribution >= 4 is 40.2 Å². The number of aromatic nitrogens is 4. The van der Waals surface area contributed by atoms with E-state index in [0.29, 0.717) is 52.2 Å². The van der Waals surface area contributed by atoms with Gasteiger partial charge in [0.25, 0.3) is 0 Å². The number of hydrogen-bond donors (Lipinski definition) is 3. The molecule has 2 fully saturated rings. The number of carboxylic acids is 1. The molecule has 4 aromatic rings. The number of carboxylic acid groups (broad SMARTS) is 1. The molecule has 0 saturated carbocycles. The van der Waals surface area contributed by atoms with Gasteiger partial charge in [-0.3, -0.25) is 15.0 Å². The first-order chi connectivity index (χ1) is 22.3. The predicted molar refractivity (Wildman–Crippen MR) is 177 cm³/mol. The number of pyridine rings is 3. The van der Waals surface area contributed by atoms with Crippen molar-refractivity contribution in [3.05, 3.63) is 57.6 Å². The molecular weight excluding hydrogens is 608 g/mol. The lowest BCUT2D eigenvalue weighted by Crippen LogP contribution is -2.41. The molecular formula is C32H38N8O5S. The molecule has 2 aliphatic heterocycles. The van der Waals surface area contributed by atoms with Crippen LogP contribution in [-0.2, 0) is 11.3 Å². The number of fused-ring (bicyclic) bond motifs is 1. The van der Waals surface area contributed by atoms with Gasteiger partial charge in [-0.05, 0) is 44.9 Å². The number of rotatable bonds is 10. The van der Waals surface area contributed by atoms with Crippen LogP contribution in [-0.4, -0.2) is 105 Å². The minimum absolute atomic E-state index is 0.227. The van der Waals surface area contributed by atoms with Crippen LogP contribution in [0.15, 0.2) is 40.9 Å². The smallest absolute Gasteiger partial charge is 0.341 e. The van der Waals surface area contributed by atoms with Crippen molar-refractivity contribution in [1.82, 2.24) is 34.6 Å². The lowest BCUT2D eigenvalue weighted by atomic mass is 10.0. The number of aryl methyl sites for hydroxylation is 1. The molecule has 1 atom stereocenters. The van der Waals surface area contributed by atoms with E-state index in [9.17, 15) is 19.5 Å². The fourth-order valence-corrected chi connectivity index (χ4v) is 6.92. The summed E-state index contributed by atoms with van der Waals surface area (Å²) in [5, 5.41) is 18.3. The number of urea groups is 1. The number of morpholine rings is 1. The Hall–Kier alpha value is -4.24. The number of thiazole rings is 1. The van der Waals surface area contributed by atoms with Crippen LogP contribution in [0.4, 0.5) is 10.6 Å². The lowest BCUT2D eigenvalue weighted by molar-refractivity contribution is 0.0342. The maximum absolute atomic E-state index is 13.5. The van der Waals surface area contributed by atoms with Crippen LogP contribution in [0.1, 0.15) is 29.4 Å². The first kappa shape index (κ1) is 31.7. The van der Waals surface area contributed by atoms with Crippen LogP contribution in [0.5, 0.6) is 0 Å². The van der Waals surface area contributed by atoms with E-state index >= 15 is 0 Å². The summed E-state index contributed by atoms with van der Waals surface area (Å²) in [6.45, 7) is 12.1. The van der Waals surface area contributed by atoms with Gasteiger partial charge in [-0.15, -0.1) is 11.3 Å². The Balaban J connectivity index is 1.31. The molecule has 0 spiro atoms. The normalized spacial score (nSPS) is 17.4. The molecule has 2 saturated heterocycles. The highest BCUT2D eigenvalue weighted by molar-refractivity contribution is 7.13. The number of likely N-dealkylation sites (tertiary alicyclic amines) is 1. The average molecular weight is 647 g/mol. The Bertz CT molecular complexity index is 1800. The highest BCUT2D eigenvalue weighted by Gasteiger charge is 2.26. The third-order valence-corrected chi connectivity index (χ3v) is 9.44. The van der Waals surface area contributed by atoms with Crippen LogP contribution in [0.3, 0.4) is 0 Å². The molecule has 14 heteroatoms. The number of anilines is 1. The van der Waals surface area contributed by atoms with E-state index in [-0.39, 0.29) is 17.0 Å². The Kier molecular flexibility index (Phi) is 9.68. The van der Waals surface area contributed by atoms with Crippen molar-refractivity contribution in [2.45, 2.75) is 26.8 Å². The molecule has 2 amide bonds. The summed E-state index contributed by atoms with van der Waals surface area (Å²) in [4.78, 5) is 56.6. The maximum Gasteiger partial charge on any atom is 0.341 e. The zero-order chi connectivity index (χ0) is 32.2. The van der Waals surface area contributed by atoms with Crippen LogP contribution in [0, 0.1) is 12.8 Å². The van der Waals surface area contributed by atoms with Gasteiger partial charge in [0.05, 0.1) is 18.6 Å². The second-order valence-electron chi connectivity index (χ2n) is 11.7. The second-order valence-corrected chi connectivity index (χ2v) is 12.6. The summed E-state index contributed by atoms with van der Waals surface area (Å²) in [5.74, 6) is -0.629. The summed E-state index contributed by atoms with van der Waals surface area (Å²) >= 11 is 1.45. The van der Waals surface area contributed by atoms with Crippen molar-refractivity contribution in [3.63, 3.8) is 0 Å². The maximum atomic E-state index is 13.5. The Morgan fingerprint density at radius 3 is 2.63 bits per heavy atom. The Labute approximate surface area is 270 Å². The fraction of sp³-hybridized carbons (Fsp3) is 0.438. The van der Waals surface area contributed by atoms with Crippen LogP contribution < -0.4 is 16.1 Å². The SMILES string of the molecule is CCNC(=O)Nc1cc(-c2nc(C)cs2)c(-c2cnc3c(c2)c(=O)c(C(=O)O)cn3C[C@@H]2CCN(CCN3CCOCC3)C2)cn1. The van der Waals surface area contributed by atoms with Gasteiger partial charge in [0.15, 0.2) is 0 Å². The third-order valence-electron chi connectivity index (χ3n) is 8.45. The summed E-state index contributed by atoms with van der Waals surface area (Å²) in [6.07, 6.45) is 5.71. The highest BCUT2D eigenvalue weighted by Crippen LogP contribution is 2.35. The van der Waals surface area contributed by atoms with Crippen molar-refractivity contribution in [1.29, 1.82) is 0 Å². The number of amides is 2. The molecule has 3 N–H and O–H groups in total. The first-order valence-electron chi connectivity index (χ1n) is 15.6. The zero-order valence-corrected chi connectivity index (χ0v) is 26.8. The second kappa shape index (κ2) is 14.0. The molecule has 6 rings (SSSR count). The number of hydrogen-bond acceptors (Lipinski definition) is 10. The fourth-order valence-electron chi connectivity index (χ4n) is 6.09. The third kappa shape index (κ3) is 7.09. The number of carbonyl (C=O) groups is 2. The van der Waals surface area contributed by atoms with Gasteiger partial charge in [0, 0.05) is 92.2 Å². The van der Waals surface area contributed by atoms with Gasteiger partial charge in [0.1, 0.15) is 22.0 Å². The van der Waals surface area contributed by atoms with Crippen LogP contribution >= 0.6 is 11.3 Å². The Morgan fingerprint density at radius 1 is 1.09 bits per heavy atom. The molecule has 242 valence electrons. The van der Waals surface area contributed by atoms with Crippen molar-refractivity contribution < 1.29 is 19.4 Å². The monoisotopic (exact) mass is 646 g/mol. The molecule has 0 aromatic carbocycles. The largest absolute Gasteiger partial charge is 0.477 e. The Morgan fingerprint density at radius 2 is 1.89 bits per heavy atom. The van der Waals surface area contributed by atoms with Gasteiger partial charge in [-0.2, -0.15) is 0 Å². The van der Waals surface area contributed by atoms with Gasteiger partial charge in [-0.1, -0.05) is 0 Å². The molecule has 6 heterocycles. The minimum Gasteiger partial charge on any atom is -0.477 e. The van der Waals surface area contributed by atoms with Crippen molar-refractivity contribution in [3.8, 4) is 21.7 Å². The molecule has 46 heavy (non-hydrogen) atoms. The van der Waals surface area contributed by atoms with E-state index in [1.165, 1.54) is 17.5 Å². The highest BCUT2D eigenvalue weighted by atomic mass is 32.1. The summed E-state index contributed by atoms with van der Waals surface area (Å²) in [7, 11) is 0. The van der Waals surface area contributed by atoms with E-state index in [4.69, 9.17) is 9.72 Å². The number of nitrogens with one attached hydrogen (secondary N) is 2. The summed E-state index contributed by atoms with van der Waals surface area (Å²) in [6, 6.07) is 3.05. The van der Waals surface area contributed by atoms with Crippen LogP contribution in [0.25, 0.3) is 32.7 Å². The van der Waals surface area contributed by atoms with Crippen LogP contribution in [0.2, 0.25) is 0 Å². The first-order valence-corrected chi connectivity index (χ1v) is 16.4. The minimum atomic E-state index is -1.27. The molecule has 0 radical (unpaired) electrons. The van der Waals surface area contributed by atoms with Gasteiger partial charge >= 0.3 is 12.0 Å². The van der Waals surface area contributed by atoms with Gasteiger partial charge in [0.2, 0.25) is 5.43 Å². The summed E-state index contributed by atoms with van der Waals surface area (Å²) < 4.78 is 7.28. The molecule has 13 nitrogen and oxygen atoms in total. The predicted octanol–water partition coefficient (Wildman–Crippen LogP) is 3.38. The van der Waals surface area contributed by atoms with E-state index in [0.717, 1.165) is 64.6 Å². The van der Waals surface area contributed by atoms with E-state index < -0.39 is 11.4 Å². The van der Waals surface area contributed by atoms with E-state index in [2.05, 4.69) is 30.4 Å². The van der Waals surface area contributed by atoms with E-state index in [1.807, 2.05) is 23.8 Å². The quantitative estimate of drug-likeness (QED) is 0.234. The molecule has 2 aliphatic rings. The number of nitrogens with zero attached hydrogens (tertiary/aromatic N) is 6. The summed E-state index contributed by atoms with van der Waals surface area (Å²) in [5.41, 5.74) is 2.37. The number of ether oxygens (including phenoxy) is 1. The molecule has 0 aliphatic carbocycles. The topological polar surface area (TPSA) is 155 Å². The molecule has 0 unspecified atom stereocenters. The van der Waals surface area contributed by atoms with E-state index in [1.54, 1.807) is 24.5 Å². The van der Waals surface area contributed by atoms with Gasteiger partial charge in [-0.25, -0.2) is 24.5 Å². The molecule has 0 bridgehead atoms. The van der Waals surface area contributed by atoms with Crippen molar-refractivity contribution in [2.75, 3.05) is 64.3 Å². The standard InChI is InChI=1S/C32H38N8O5S/c1-3-33-32(44)37-27-13-23(30-36-20(2)19-46-30)25(15-34-27)22-12-24-28(41)26(31(42)43)18-40(29(24)35-14-22)17-21-4-5-39(16-21)7-6-38-8-10-45-11-9-38/h12-15,18-19,21H,3-11,16-17H2,1-2H3,(H,42,43)(H2,33,34,37,44)/t21-/m1/s1. The number of aromatic carboxylic acids is 1. The lowest BCUT2D eigenvalue weighted by Gasteiger charge is -2.28. The zero-order valence-electron chi connectivity index (χ0n) is 26.0. The van der Waals surface area contributed by atoms with Gasteiger partial charge < -0.3 is 24.6 Å². The molecule has 4 aromatic heterocycles. The number of carbonyl (C=O) groups excluding carboxylic acids is 1.